The number of hydrogen-bond donors (Lipinski definition) is 2. The number of nitrogens with zero attached hydrogens (tertiary/aromatic N) is 3. The number of aromatic amines is 1. The van der Waals surface area contributed by atoms with Crippen molar-refractivity contribution in [3.63, 3.8) is 0 Å². The topological polar surface area (TPSA) is 80.5 Å². The molecule has 1 aromatic heterocycles. The van der Waals surface area contributed by atoms with Crippen molar-refractivity contribution in [2.45, 2.75) is 51.0 Å². The number of aryl methyl sites for hydroxylation is 1. The largest absolute Gasteiger partial charge is 0.327 e. The first-order chi connectivity index (χ1) is 9.34. The molecule has 0 radical (unpaired) electrons. The van der Waals surface area contributed by atoms with Crippen LogP contribution in [0, 0.1) is 17.8 Å². The van der Waals surface area contributed by atoms with E-state index in [0.717, 1.165) is 42.8 Å². The second-order valence-electron chi connectivity index (χ2n) is 6.02. The second kappa shape index (κ2) is 5.82. The van der Waals surface area contributed by atoms with Gasteiger partial charge in [0, 0.05) is 12.5 Å². The lowest BCUT2D eigenvalue weighted by molar-refractivity contribution is 0.291. The molecular formula is C14H23N5. The summed E-state index contributed by atoms with van der Waals surface area (Å²) in [6, 6.07) is 0.462. The summed E-state index contributed by atoms with van der Waals surface area (Å²) in [7, 11) is 0. The second-order valence-corrected chi connectivity index (χ2v) is 6.02. The third-order valence-corrected chi connectivity index (χ3v) is 4.91. The summed E-state index contributed by atoms with van der Waals surface area (Å²) >= 11 is 0. The van der Waals surface area contributed by atoms with Crippen LogP contribution in [0.15, 0.2) is 12.2 Å². The van der Waals surface area contributed by atoms with Crippen LogP contribution in [-0.4, -0.2) is 26.7 Å². The monoisotopic (exact) mass is 261 g/mol. The van der Waals surface area contributed by atoms with E-state index in [4.69, 9.17) is 5.73 Å². The van der Waals surface area contributed by atoms with Crippen molar-refractivity contribution in [3.8, 4) is 0 Å². The molecule has 3 N–H and O–H groups in total. The van der Waals surface area contributed by atoms with Crippen molar-refractivity contribution in [1.29, 1.82) is 0 Å². The number of unbranched alkanes of at least 4 members (excludes halogenated alkanes) is 1. The standard InChI is InChI=1S/C14H23N5/c15-14-11-8-7-10(9-11)12(14)5-3-1-2-4-6-13-16-18-19-17-13/h1,3,10-12,14H,2,4-9,15H2,(H,16,17,18,19)/t10-,11+,12+,14+/m1/s1. The Morgan fingerprint density at radius 1 is 1.26 bits per heavy atom. The van der Waals surface area contributed by atoms with E-state index in [1.807, 2.05) is 0 Å². The third-order valence-electron chi connectivity index (χ3n) is 4.91. The van der Waals surface area contributed by atoms with E-state index in [-0.39, 0.29) is 0 Å². The van der Waals surface area contributed by atoms with Crippen LogP contribution < -0.4 is 5.73 Å². The average molecular weight is 261 g/mol. The number of aromatic nitrogens is 4. The highest BCUT2D eigenvalue weighted by Gasteiger charge is 2.44. The van der Waals surface area contributed by atoms with E-state index in [1.165, 1.54) is 25.7 Å². The Balaban J connectivity index is 1.35. The van der Waals surface area contributed by atoms with Crippen LogP contribution in [0.4, 0.5) is 0 Å². The van der Waals surface area contributed by atoms with Crippen LogP contribution in [0.3, 0.4) is 0 Å². The highest BCUT2D eigenvalue weighted by molar-refractivity contribution is 5.01. The van der Waals surface area contributed by atoms with Crippen LogP contribution >= 0.6 is 0 Å². The van der Waals surface area contributed by atoms with E-state index in [1.54, 1.807) is 0 Å². The highest BCUT2D eigenvalue weighted by atomic mass is 15.5. The van der Waals surface area contributed by atoms with E-state index >= 15 is 0 Å². The van der Waals surface area contributed by atoms with Gasteiger partial charge in [0.15, 0.2) is 0 Å². The fraction of sp³-hybridized carbons (Fsp3) is 0.786. The number of H-pyrrole nitrogens is 1. The minimum atomic E-state index is 0.462. The Bertz CT molecular complexity index is 411. The molecule has 1 aromatic rings. The first kappa shape index (κ1) is 12.8. The molecule has 0 aliphatic heterocycles. The zero-order valence-electron chi connectivity index (χ0n) is 11.3. The Kier molecular flexibility index (Phi) is 3.92. The van der Waals surface area contributed by atoms with E-state index in [2.05, 4.69) is 32.8 Å². The minimum absolute atomic E-state index is 0.462. The molecule has 0 spiro atoms. The minimum Gasteiger partial charge on any atom is -0.327 e. The van der Waals surface area contributed by atoms with Gasteiger partial charge in [0.05, 0.1) is 0 Å². The first-order valence-electron chi connectivity index (χ1n) is 7.48. The molecule has 5 heteroatoms. The summed E-state index contributed by atoms with van der Waals surface area (Å²) in [4.78, 5) is 0. The fourth-order valence-electron chi connectivity index (χ4n) is 3.85. The van der Waals surface area contributed by atoms with Gasteiger partial charge in [-0.3, -0.25) is 0 Å². The summed E-state index contributed by atoms with van der Waals surface area (Å²) in [6.45, 7) is 0. The molecule has 2 saturated carbocycles. The van der Waals surface area contributed by atoms with E-state index in [9.17, 15) is 0 Å². The van der Waals surface area contributed by atoms with Gasteiger partial charge in [-0.15, -0.1) is 5.10 Å². The van der Waals surface area contributed by atoms with Gasteiger partial charge in [-0.05, 0) is 66.7 Å². The maximum Gasteiger partial charge on any atom is 0.148 e. The Morgan fingerprint density at radius 2 is 2.16 bits per heavy atom. The lowest BCUT2D eigenvalue weighted by Crippen LogP contribution is -2.35. The van der Waals surface area contributed by atoms with Gasteiger partial charge in [-0.2, -0.15) is 0 Å². The lowest BCUT2D eigenvalue weighted by Gasteiger charge is -2.27. The maximum absolute atomic E-state index is 6.31. The predicted molar refractivity (Wildman–Crippen MR) is 73.2 cm³/mol. The lowest BCUT2D eigenvalue weighted by atomic mass is 9.83. The number of rotatable bonds is 6. The van der Waals surface area contributed by atoms with Crippen LogP contribution in [0.25, 0.3) is 0 Å². The fourth-order valence-corrected chi connectivity index (χ4v) is 3.85. The molecule has 2 fully saturated rings. The molecule has 0 saturated heterocycles. The van der Waals surface area contributed by atoms with E-state index < -0.39 is 0 Å². The van der Waals surface area contributed by atoms with Gasteiger partial charge in [-0.25, -0.2) is 5.10 Å². The van der Waals surface area contributed by atoms with Gasteiger partial charge >= 0.3 is 0 Å². The number of allylic oxidation sites excluding steroid dienone is 2. The molecule has 3 rings (SSSR count). The van der Waals surface area contributed by atoms with Gasteiger partial charge < -0.3 is 5.73 Å². The SMILES string of the molecule is N[C@H]1[C@H]2CC[C@H](C2)[C@@H]1CC=CCCCc1nnn[nH]1. The average Bonchev–Trinajstić information content (AvgIpc) is 3.12. The molecule has 5 nitrogen and oxygen atoms in total. The summed E-state index contributed by atoms with van der Waals surface area (Å²) in [5, 5.41) is 13.8. The van der Waals surface area contributed by atoms with Gasteiger partial charge in [-0.1, -0.05) is 12.2 Å². The van der Waals surface area contributed by atoms with Crippen molar-refractivity contribution in [3.05, 3.63) is 18.0 Å². The molecule has 2 aliphatic carbocycles. The van der Waals surface area contributed by atoms with Crippen LogP contribution in [0.1, 0.15) is 44.3 Å². The Labute approximate surface area is 114 Å². The summed E-state index contributed by atoms with van der Waals surface area (Å²) in [5.41, 5.74) is 6.31. The molecule has 104 valence electrons. The smallest absolute Gasteiger partial charge is 0.148 e. The molecule has 0 unspecified atom stereocenters. The number of hydrogen-bond acceptors (Lipinski definition) is 4. The zero-order valence-corrected chi connectivity index (χ0v) is 11.3. The Morgan fingerprint density at radius 3 is 2.89 bits per heavy atom. The number of nitrogens with two attached hydrogens (primary N) is 1. The quantitative estimate of drug-likeness (QED) is 0.605. The number of nitrogens with one attached hydrogen (secondary N) is 1. The van der Waals surface area contributed by atoms with Crippen molar-refractivity contribution < 1.29 is 0 Å². The van der Waals surface area contributed by atoms with Crippen LogP contribution in [0.5, 0.6) is 0 Å². The summed E-state index contributed by atoms with van der Waals surface area (Å²) < 4.78 is 0. The molecule has 19 heavy (non-hydrogen) atoms. The predicted octanol–water partition coefficient (Wildman–Crippen LogP) is 1.84. The zero-order chi connectivity index (χ0) is 13.1. The van der Waals surface area contributed by atoms with Crippen molar-refractivity contribution in [1.82, 2.24) is 20.6 Å². The number of fused-ring (bicyclic) bond motifs is 2. The third kappa shape index (κ3) is 2.86. The molecule has 2 bridgehead atoms. The molecule has 0 amide bonds. The van der Waals surface area contributed by atoms with Gasteiger partial charge in [0.1, 0.15) is 5.82 Å². The van der Waals surface area contributed by atoms with Gasteiger partial charge in [0.2, 0.25) is 0 Å². The van der Waals surface area contributed by atoms with Crippen LogP contribution in [-0.2, 0) is 6.42 Å². The van der Waals surface area contributed by atoms with Gasteiger partial charge in [0.25, 0.3) is 0 Å². The molecule has 2 aliphatic rings. The van der Waals surface area contributed by atoms with Crippen LogP contribution in [0.2, 0.25) is 0 Å². The number of tetrazole rings is 1. The normalized spacial score (nSPS) is 33.5. The van der Waals surface area contributed by atoms with Crippen molar-refractivity contribution in [2.75, 3.05) is 0 Å². The first-order valence-corrected chi connectivity index (χ1v) is 7.48. The highest BCUT2D eigenvalue weighted by Crippen LogP contribution is 2.48. The summed E-state index contributed by atoms with van der Waals surface area (Å²) in [6.07, 6.45) is 13.1. The molecule has 1 heterocycles. The maximum atomic E-state index is 6.31. The molecule has 0 aromatic carbocycles. The van der Waals surface area contributed by atoms with Crippen molar-refractivity contribution >= 4 is 0 Å². The summed E-state index contributed by atoms with van der Waals surface area (Å²) in [5.74, 6) is 3.35. The molecular weight excluding hydrogens is 238 g/mol. The van der Waals surface area contributed by atoms with E-state index in [0.29, 0.717) is 6.04 Å². The van der Waals surface area contributed by atoms with Crippen molar-refractivity contribution in [2.24, 2.45) is 23.5 Å². The molecule has 4 atom stereocenters. The Hall–Kier alpha value is -1.23.